The highest BCUT2D eigenvalue weighted by molar-refractivity contribution is 5.12. The number of nitrogens with one attached hydrogen (secondary N) is 1. The molecule has 0 aliphatic heterocycles. The molecule has 13 heavy (non-hydrogen) atoms. The van der Waals surface area contributed by atoms with Crippen molar-refractivity contribution in [2.24, 2.45) is 5.92 Å². The maximum absolute atomic E-state index is 10.8. The van der Waals surface area contributed by atoms with Crippen LogP contribution in [0.4, 0.5) is 0 Å². The molecule has 72 valence electrons. The highest BCUT2D eigenvalue weighted by atomic mass is 16.5. The summed E-state index contributed by atoms with van der Waals surface area (Å²) in [6.45, 7) is 4.88. The van der Waals surface area contributed by atoms with E-state index in [1.165, 1.54) is 12.3 Å². The molecule has 4 nitrogen and oxygen atoms in total. The molecule has 0 saturated heterocycles. The van der Waals surface area contributed by atoms with E-state index in [1.54, 1.807) is 0 Å². The summed E-state index contributed by atoms with van der Waals surface area (Å²) in [7, 11) is 0. The first-order chi connectivity index (χ1) is 6.18. The molecule has 0 spiro atoms. The second-order valence-corrected chi connectivity index (χ2v) is 3.31. The highest BCUT2D eigenvalue weighted by Crippen LogP contribution is 2.05. The Morgan fingerprint density at radius 2 is 2.38 bits per heavy atom. The van der Waals surface area contributed by atoms with Crippen LogP contribution in [0.2, 0.25) is 0 Å². The van der Waals surface area contributed by atoms with Crippen LogP contribution in [0.3, 0.4) is 0 Å². The van der Waals surface area contributed by atoms with E-state index < -0.39 is 0 Å². The first-order valence-corrected chi connectivity index (χ1v) is 4.36. The molecule has 0 atom stereocenters. The average molecular weight is 182 g/mol. The SMILES string of the molecule is CC(C)CCOc1cn[nH]c(=O)c1. The molecule has 0 saturated carbocycles. The van der Waals surface area contributed by atoms with Crippen LogP contribution in [0.25, 0.3) is 0 Å². The van der Waals surface area contributed by atoms with Gasteiger partial charge in [-0.1, -0.05) is 13.8 Å². The topological polar surface area (TPSA) is 55.0 Å². The molecular weight excluding hydrogens is 168 g/mol. The first kappa shape index (κ1) is 9.77. The largest absolute Gasteiger partial charge is 0.492 e. The number of rotatable bonds is 4. The smallest absolute Gasteiger partial charge is 0.267 e. The van der Waals surface area contributed by atoms with Crippen LogP contribution in [-0.4, -0.2) is 16.8 Å². The van der Waals surface area contributed by atoms with Crippen molar-refractivity contribution >= 4 is 0 Å². The van der Waals surface area contributed by atoms with Gasteiger partial charge in [-0.15, -0.1) is 0 Å². The molecular formula is C9H14N2O2. The molecule has 0 unspecified atom stereocenters. The zero-order valence-corrected chi connectivity index (χ0v) is 7.91. The Morgan fingerprint density at radius 1 is 1.62 bits per heavy atom. The molecule has 1 rings (SSSR count). The second kappa shape index (κ2) is 4.64. The Balaban J connectivity index is 2.41. The van der Waals surface area contributed by atoms with Crippen molar-refractivity contribution in [3.8, 4) is 5.75 Å². The second-order valence-electron chi connectivity index (χ2n) is 3.31. The van der Waals surface area contributed by atoms with Crippen molar-refractivity contribution in [1.82, 2.24) is 10.2 Å². The predicted molar refractivity (Wildman–Crippen MR) is 49.8 cm³/mol. The minimum absolute atomic E-state index is 0.234. The zero-order chi connectivity index (χ0) is 9.68. The predicted octanol–water partition coefficient (Wildman–Crippen LogP) is 1.19. The van der Waals surface area contributed by atoms with Crippen LogP contribution in [0.1, 0.15) is 20.3 Å². The average Bonchev–Trinajstić information content (AvgIpc) is 2.03. The summed E-state index contributed by atoms with van der Waals surface area (Å²) >= 11 is 0. The highest BCUT2D eigenvalue weighted by Gasteiger charge is 1.97. The lowest BCUT2D eigenvalue weighted by atomic mass is 10.1. The molecule has 1 aromatic heterocycles. The van der Waals surface area contributed by atoms with Crippen LogP contribution in [0.15, 0.2) is 17.1 Å². The Kier molecular flexibility index (Phi) is 3.49. The standard InChI is InChI=1S/C9H14N2O2/c1-7(2)3-4-13-8-5-9(12)11-10-6-8/h5-7H,3-4H2,1-2H3,(H,11,12). The van der Waals surface area contributed by atoms with Gasteiger partial charge in [0.05, 0.1) is 12.8 Å². The molecule has 4 heteroatoms. The summed E-state index contributed by atoms with van der Waals surface area (Å²) in [4.78, 5) is 10.8. The van der Waals surface area contributed by atoms with Gasteiger partial charge in [0.2, 0.25) is 0 Å². The fourth-order valence-corrected chi connectivity index (χ4v) is 0.850. The number of H-pyrrole nitrogens is 1. The Morgan fingerprint density at radius 3 is 3.00 bits per heavy atom. The monoisotopic (exact) mass is 182 g/mol. The number of nitrogens with zero attached hydrogens (tertiary/aromatic N) is 1. The van der Waals surface area contributed by atoms with Gasteiger partial charge in [-0.3, -0.25) is 4.79 Å². The number of hydrogen-bond acceptors (Lipinski definition) is 3. The van der Waals surface area contributed by atoms with Crippen molar-refractivity contribution in [1.29, 1.82) is 0 Å². The molecule has 0 radical (unpaired) electrons. The molecule has 1 heterocycles. The number of aromatic nitrogens is 2. The third kappa shape index (κ3) is 3.73. The molecule has 0 amide bonds. The maximum atomic E-state index is 10.8. The van der Waals surface area contributed by atoms with Crippen molar-refractivity contribution in [3.63, 3.8) is 0 Å². The van der Waals surface area contributed by atoms with Gasteiger partial charge in [0.15, 0.2) is 0 Å². The van der Waals surface area contributed by atoms with Gasteiger partial charge in [0, 0.05) is 6.07 Å². The fourth-order valence-electron chi connectivity index (χ4n) is 0.850. The summed E-state index contributed by atoms with van der Waals surface area (Å²) in [6.07, 6.45) is 2.48. The van der Waals surface area contributed by atoms with Gasteiger partial charge in [0.25, 0.3) is 5.56 Å². The summed E-state index contributed by atoms with van der Waals surface area (Å²) < 4.78 is 5.32. The van der Waals surface area contributed by atoms with Gasteiger partial charge >= 0.3 is 0 Å². The lowest BCUT2D eigenvalue weighted by molar-refractivity contribution is 0.287. The minimum atomic E-state index is -0.234. The van der Waals surface area contributed by atoms with Crippen LogP contribution in [-0.2, 0) is 0 Å². The molecule has 0 bridgehead atoms. The van der Waals surface area contributed by atoms with Crippen LogP contribution < -0.4 is 10.3 Å². The van der Waals surface area contributed by atoms with Gasteiger partial charge in [-0.25, -0.2) is 5.10 Å². The van der Waals surface area contributed by atoms with Crippen molar-refractivity contribution in [2.45, 2.75) is 20.3 Å². The summed E-state index contributed by atoms with van der Waals surface area (Å²) in [5, 5.41) is 5.90. The number of aromatic amines is 1. The maximum Gasteiger partial charge on any atom is 0.267 e. The van der Waals surface area contributed by atoms with E-state index in [0.717, 1.165) is 6.42 Å². The van der Waals surface area contributed by atoms with E-state index in [9.17, 15) is 4.79 Å². The quantitative estimate of drug-likeness (QED) is 0.761. The van der Waals surface area contributed by atoms with E-state index in [2.05, 4.69) is 24.0 Å². The van der Waals surface area contributed by atoms with Crippen LogP contribution >= 0.6 is 0 Å². The van der Waals surface area contributed by atoms with Crippen molar-refractivity contribution < 1.29 is 4.74 Å². The summed E-state index contributed by atoms with van der Waals surface area (Å²) in [6, 6.07) is 1.40. The Labute approximate surface area is 76.9 Å². The summed E-state index contributed by atoms with van der Waals surface area (Å²) in [5.41, 5.74) is -0.234. The van der Waals surface area contributed by atoms with Gasteiger partial charge < -0.3 is 4.74 Å². The minimum Gasteiger partial charge on any atom is -0.492 e. The van der Waals surface area contributed by atoms with E-state index in [-0.39, 0.29) is 5.56 Å². The lowest BCUT2D eigenvalue weighted by Gasteiger charge is -2.06. The third-order valence-corrected chi connectivity index (χ3v) is 1.60. The molecule has 0 aliphatic rings. The molecule has 0 fully saturated rings. The third-order valence-electron chi connectivity index (χ3n) is 1.60. The van der Waals surface area contributed by atoms with Crippen LogP contribution in [0.5, 0.6) is 5.75 Å². The lowest BCUT2D eigenvalue weighted by Crippen LogP contribution is -2.08. The van der Waals surface area contributed by atoms with Gasteiger partial charge in [0.1, 0.15) is 5.75 Å². The van der Waals surface area contributed by atoms with Crippen molar-refractivity contribution in [2.75, 3.05) is 6.61 Å². The van der Waals surface area contributed by atoms with Gasteiger partial charge in [-0.2, -0.15) is 5.10 Å². The van der Waals surface area contributed by atoms with E-state index in [4.69, 9.17) is 4.74 Å². The molecule has 1 N–H and O–H groups in total. The normalized spacial score (nSPS) is 10.4. The molecule has 0 aliphatic carbocycles. The van der Waals surface area contributed by atoms with Crippen LogP contribution in [0, 0.1) is 5.92 Å². The molecule has 0 aromatic carbocycles. The number of ether oxygens (including phenoxy) is 1. The van der Waals surface area contributed by atoms with Gasteiger partial charge in [-0.05, 0) is 12.3 Å². The van der Waals surface area contributed by atoms with E-state index in [1.807, 2.05) is 0 Å². The Hall–Kier alpha value is -1.32. The summed E-state index contributed by atoms with van der Waals surface area (Å²) in [5.74, 6) is 1.14. The van der Waals surface area contributed by atoms with E-state index >= 15 is 0 Å². The van der Waals surface area contributed by atoms with Crippen molar-refractivity contribution in [3.05, 3.63) is 22.6 Å². The fraction of sp³-hybridized carbons (Fsp3) is 0.556. The zero-order valence-electron chi connectivity index (χ0n) is 7.91. The van der Waals surface area contributed by atoms with E-state index in [0.29, 0.717) is 18.3 Å². The first-order valence-electron chi connectivity index (χ1n) is 4.36. The number of hydrogen-bond donors (Lipinski definition) is 1. The Bertz CT molecular complexity index is 306. The molecule has 1 aromatic rings.